The molecule has 3 nitrogen and oxygen atoms in total. The summed E-state index contributed by atoms with van der Waals surface area (Å²) in [4.78, 5) is 10.6. The second-order valence-electron chi connectivity index (χ2n) is 2.75. The van der Waals surface area contributed by atoms with Gasteiger partial charge >= 0.3 is 5.97 Å². The molecule has 0 unspecified atom stereocenters. The van der Waals surface area contributed by atoms with Crippen molar-refractivity contribution >= 4 is 5.97 Å². The predicted octanol–water partition coefficient (Wildman–Crippen LogP) is 1.35. The van der Waals surface area contributed by atoms with Gasteiger partial charge in [-0.3, -0.25) is 0 Å². The molecule has 0 aliphatic carbocycles. The molecule has 0 heterocycles. The summed E-state index contributed by atoms with van der Waals surface area (Å²) in [6.45, 7) is 5.50. The summed E-state index contributed by atoms with van der Waals surface area (Å²) in [6, 6.07) is 0. The lowest BCUT2D eigenvalue weighted by Crippen LogP contribution is -2.14. The summed E-state index contributed by atoms with van der Waals surface area (Å²) in [7, 11) is 0. The van der Waals surface area contributed by atoms with Gasteiger partial charge < -0.3 is 10.8 Å². The van der Waals surface area contributed by atoms with Gasteiger partial charge in [0.05, 0.1) is 5.57 Å². The number of hydrogen-bond donors (Lipinski definition) is 2. The van der Waals surface area contributed by atoms with Crippen LogP contribution in [0.3, 0.4) is 0 Å². The Morgan fingerprint density at radius 2 is 2.00 bits per heavy atom. The lowest BCUT2D eigenvalue weighted by atomic mass is 10.0. The van der Waals surface area contributed by atoms with Crippen LogP contribution in [0.25, 0.3) is 0 Å². The normalized spacial score (nSPS) is 13.1. The minimum atomic E-state index is -0.903. The first-order valence-corrected chi connectivity index (χ1v) is 3.72. The molecule has 0 saturated carbocycles. The van der Waals surface area contributed by atoms with Crippen molar-refractivity contribution in [2.24, 2.45) is 11.7 Å². The maximum absolute atomic E-state index is 10.6. The average Bonchev–Trinajstić information content (AvgIpc) is 1.85. The average molecular weight is 157 g/mol. The minimum absolute atomic E-state index is 0.00699. The van der Waals surface area contributed by atoms with Gasteiger partial charge in [-0.2, -0.15) is 0 Å². The Balaban J connectivity index is 4.73. The fraction of sp³-hybridized carbons (Fsp3) is 0.625. The number of carbonyl (C=O) groups is 1. The fourth-order valence-electron chi connectivity index (χ4n) is 0.946. The number of hydrogen-bond acceptors (Lipinski definition) is 2. The molecule has 0 radical (unpaired) electrons. The van der Waals surface area contributed by atoms with Gasteiger partial charge in [-0.25, -0.2) is 4.79 Å². The van der Waals surface area contributed by atoms with Gasteiger partial charge in [-0.15, -0.1) is 0 Å². The molecule has 0 rings (SSSR count). The summed E-state index contributed by atoms with van der Waals surface area (Å²) in [6.07, 6.45) is 0.597. The van der Waals surface area contributed by atoms with Crippen LogP contribution < -0.4 is 5.73 Å². The van der Waals surface area contributed by atoms with Crippen LogP contribution in [-0.4, -0.2) is 11.1 Å². The zero-order chi connectivity index (χ0) is 9.02. The van der Waals surface area contributed by atoms with Crippen LogP contribution in [0.15, 0.2) is 11.3 Å². The Bertz CT molecular complexity index is 183. The van der Waals surface area contributed by atoms with Gasteiger partial charge in [0.15, 0.2) is 0 Å². The smallest absolute Gasteiger partial charge is 0.333 e. The summed E-state index contributed by atoms with van der Waals surface area (Å²) in [5, 5.41) is 8.71. The van der Waals surface area contributed by atoms with Gasteiger partial charge in [0.2, 0.25) is 0 Å². The van der Waals surface area contributed by atoms with E-state index in [0.717, 1.165) is 0 Å². The molecule has 0 aliphatic heterocycles. The van der Waals surface area contributed by atoms with Crippen LogP contribution in [0.4, 0.5) is 0 Å². The predicted molar refractivity (Wildman–Crippen MR) is 44.0 cm³/mol. The van der Waals surface area contributed by atoms with E-state index in [0.29, 0.717) is 17.7 Å². The Hall–Kier alpha value is -0.990. The fourth-order valence-corrected chi connectivity index (χ4v) is 0.946. The molecule has 0 bridgehead atoms. The maximum Gasteiger partial charge on any atom is 0.333 e. The monoisotopic (exact) mass is 157 g/mol. The van der Waals surface area contributed by atoms with E-state index in [1.165, 1.54) is 0 Å². The lowest BCUT2D eigenvalue weighted by molar-refractivity contribution is -0.133. The van der Waals surface area contributed by atoms with Crippen molar-refractivity contribution in [3.05, 3.63) is 11.3 Å². The largest absolute Gasteiger partial charge is 0.478 e. The molecule has 0 aromatic carbocycles. The van der Waals surface area contributed by atoms with E-state index in [1.807, 2.05) is 20.8 Å². The molecule has 0 atom stereocenters. The van der Waals surface area contributed by atoms with Crippen LogP contribution in [0.2, 0.25) is 0 Å². The van der Waals surface area contributed by atoms with Crippen molar-refractivity contribution in [2.75, 3.05) is 0 Å². The third-order valence-corrected chi connectivity index (χ3v) is 1.53. The summed E-state index contributed by atoms with van der Waals surface area (Å²) < 4.78 is 0. The van der Waals surface area contributed by atoms with Crippen molar-refractivity contribution in [3.63, 3.8) is 0 Å². The van der Waals surface area contributed by atoms with E-state index in [-0.39, 0.29) is 5.92 Å². The van der Waals surface area contributed by atoms with Crippen LogP contribution in [-0.2, 0) is 4.79 Å². The van der Waals surface area contributed by atoms with Crippen LogP contribution in [0.1, 0.15) is 27.2 Å². The molecular formula is C8H15NO2. The van der Waals surface area contributed by atoms with Gasteiger partial charge in [0.1, 0.15) is 0 Å². The third-order valence-electron chi connectivity index (χ3n) is 1.53. The topological polar surface area (TPSA) is 63.3 Å². The number of carboxylic acid groups (broad SMARTS) is 1. The molecule has 11 heavy (non-hydrogen) atoms. The van der Waals surface area contributed by atoms with E-state index in [1.54, 1.807) is 0 Å². The van der Waals surface area contributed by atoms with Crippen molar-refractivity contribution in [3.8, 4) is 0 Å². The first-order chi connectivity index (χ1) is 5.00. The maximum atomic E-state index is 10.6. The van der Waals surface area contributed by atoms with Gasteiger partial charge in [0, 0.05) is 5.70 Å². The molecule has 0 fully saturated rings. The molecule has 0 spiro atoms. The standard InChI is InChI=1S/C8H15NO2/c1-4-6(9)7(5(2)3)8(10)11/h5H,4,9H2,1-3H3,(H,10,11). The van der Waals surface area contributed by atoms with E-state index in [4.69, 9.17) is 10.8 Å². The lowest BCUT2D eigenvalue weighted by Gasteiger charge is -2.09. The van der Waals surface area contributed by atoms with E-state index >= 15 is 0 Å². The highest BCUT2D eigenvalue weighted by molar-refractivity contribution is 5.87. The van der Waals surface area contributed by atoms with Gasteiger partial charge in [-0.1, -0.05) is 20.8 Å². The zero-order valence-corrected chi connectivity index (χ0v) is 7.22. The van der Waals surface area contributed by atoms with Crippen LogP contribution in [0, 0.1) is 5.92 Å². The van der Waals surface area contributed by atoms with Crippen molar-refractivity contribution < 1.29 is 9.90 Å². The second-order valence-corrected chi connectivity index (χ2v) is 2.75. The molecule has 0 aromatic heterocycles. The summed E-state index contributed by atoms with van der Waals surface area (Å²) in [5.74, 6) is -0.910. The van der Waals surface area contributed by atoms with Crippen LogP contribution in [0.5, 0.6) is 0 Å². The number of aliphatic carboxylic acids is 1. The number of rotatable bonds is 3. The zero-order valence-electron chi connectivity index (χ0n) is 7.22. The molecule has 0 amide bonds. The quantitative estimate of drug-likeness (QED) is 0.608. The number of carboxylic acids is 1. The molecular weight excluding hydrogens is 142 g/mol. The van der Waals surface area contributed by atoms with E-state index < -0.39 is 5.97 Å². The Morgan fingerprint density at radius 3 is 2.09 bits per heavy atom. The van der Waals surface area contributed by atoms with E-state index in [9.17, 15) is 4.79 Å². The molecule has 0 saturated heterocycles. The molecule has 64 valence electrons. The van der Waals surface area contributed by atoms with Crippen molar-refractivity contribution in [1.29, 1.82) is 0 Å². The third kappa shape index (κ3) is 2.62. The summed E-state index contributed by atoms with van der Waals surface area (Å²) >= 11 is 0. The van der Waals surface area contributed by atoms with Crippen molar-refractivity contribution in [2.45, 2.75) is 27.2 Å². The van der Waals surface area contributed by atoms with Gasteiger partial charge in [0.25, 0.3) is 0 Å². The summed E-state index contributed by atoms with van der Waals surface area (Å²) in [5.41, 5.74) is 6.34. The van der Waals surface area contributed by atoms with Crippen LogP contribution >= 0.6 is 0 Å². The van der Waals surface area contributed by atoms with Crippen molar-refractivity contribution in [1.82, 2.24) is 0 Å². The second kappa shape index (κ2) is 4.01. The van der Waals surface area contributed by atoms with E-state index in [2.05, 4.69) is 0 Å². The molecule has 0 aliphatic rings. The Morgan fingerprint density at radius 1 is 1.55 bits per heavy atom. The first-order valence-electron chi connectivity index (χ1n) is 3.72. The highest BCUT2D eigenvalue weighted by atomic mass is 16.4. The number of allylic oxidation sites excluding steroid dienone is 1. The molecule has 0 aromatic rings. The SMILES string of the molecule is CCC(N)=C(C(=O)O)C(C)C. The molecule has 3 N–H and O–H groups in total. The van der Waals surface area contributed by atoms with Gasteiger partial charge in [-0.05, 0) is 12.3 Å². The highest BCUT2D eigenvalue weighted by Gasteiger charge is 2.14. The Labute approximate surface area is 66.9 Å². The minimum Gasteiger partial charge on any atom is -0.478 e. The highest BCUT2D eigenvalue weighted by Crippen LogP contribution is 2.13. The molecule has 3 heteroatoms. The first kappa shape index (κ1) is 10.0. The Kier molecular flexibility index (Phi) is 3.65. The number of nitrogens with two attached hydrogens (primary N) is 1.